The normalized spacial score (nSPS) is 13.5. The van der Waals surface area contributed by atoms with Gasteiger partial charge in [-0.15, -0.1) is 0 Å². The fraction of sp³-hybridized carbons (Fsp3) is 0.167. The Labute approximate surface area is 195 Å². The predicted molar refractivity (Wildman–Crippen MR) is 127 cm³/mol. The van der Waals surface area contributed by atoms with Gasteiger partial charge < -0.3 is 15.1 Å². The third-order valence-corrected chi connectivity index (χ3v) is 5.81. The third-order valence-electron chi connectivity index (χ3n) is 5.49. The summed E-state index contributed by atoms with van der Waals surface area (Å²) in [7, 11) is 0. The number of hydrogen-bond donors (Lipinski definition) is 1. The van der Waals surface area contributed by atoms with Gasteiger partial charge >= 0.3 is 0 Å². The molecule has 1 aliphatic heterocycles. The van der Waals surface area contributed by atoms with Crippen molar-refractivity contribution in [3.05, 3.63) is 99.1 Å². The van der Waals surface area contributed by atoms with Crippen LogP contribution in [-0.4, -0.2) is 47.8 Å². The maximum atomic E-state index is 12.8. The topological polar surface area (TPSA) is 95.8 Å². The molecule has 9 heteroatoms. The van der Waals surface area contributed by atoms with E-state index in [2.05, 4.69) is 10.2 Å². The van der Waals surface area contributed by atoms with Crippen LogP contribution in [0.2, 0.25) is 5.02 Å². The first-order valence-electron chi connectivity index (χ1n) is 10.4. The average molecular weight is 465 g/mol. The largest absolute Gasteiger partial charge is 0.366 e. The van der Waals surface area contributed by atoms with Crippen molar-refractivity contribution in [3.8, 4) is 0 Å². The second-order valence-electron chi connectivity index (χ2n) is 7.54. The van der Waals surface area contributed by atoms with E-state index in [0.717, 1.165) is 11.8 Å². The van der Waals surface area contributed by atoms with Gasteiger partial charge in [0.05, 0.1) is 16.3 Å². The molecule has 4 rings (SSSR count). The highest BCUT2D eigenvalue weighted by molar-refractivity contribution is 6.32. The van der Waals surface area contributed by atoms with Crippen LogP contribution in [0.4, 0.5) is 17.1 Å². The first-order chi connectivity index (χ1) is 15.9. The van der Waals surface area contributed by atoms with Gasteiger partial charge in [0.25, 0.3) is 17.5 Å². The van der Waals surface area contributed by atoms with Crippen LogP contribution in [-0.2, 0) is 0 Å². The number of rotatable bonds is 5. The molecule has 0 aliphatic carbocycles. The lowest BCUT2D eigenvalue weighted by molar-refractivity contribution is -0.384. The molecule has 0 spiro atoms. The van der Waals surface area contributed by atoms with Crippen molar-refractivity contribution in [1.82, 2.24) is 4.90 Å². The van der Waals surface area contributed by atoms with Gasteiger partial charge in [0.15, 0.2) is 0 Å². The maximum Gasteiger partial charge on any atom is 0.288 e. The fourth-order valence-corrected chi connectivity index (χ4v) is 3.94. The Morgan fingerprint density at radius 3 is 2.24 bits per heavy atom. The molecule has 1 aliphatic rings. The summed E-state index contributed by atoms with van der Waals surface area (Å²) in [5.41, 5.74) is 1.88. The molecule has 8 nitrogen and oxygen atoms in total. The number of hydrogen-bond acceptors (Lipinski definition) is 5. The molecule has 0 radical (unpaired) electrons. The summed E-state index contributed by atoms with van der Waals surface area (Å²) >= 11 is 5.85. The highest BCUT2D eigenvalue weighted by atomic mass is 35.5. The molecule has 0 unspecified atom stereocenters. The molecule has 0 atom stereocenters. The second-order valence-corrected chi connectivity index (χ2v) is 7.95. The van der Waals surface area contributed by atoms with Gasteiger partial charge in [0.2, 0.25) is 0 Å². The van der Waals surface area contributed by atoms with Crippen molar-refractivity contribution in [1.29, 1.82) is 0 Å². The highest BCUT2D eigenvalue weighted by Crippen LogP contribution is 2.29. The lowest BCUT2D eigenvalue weighted by atomic mass is 10.1. The summed E-state index contributed by atoms with van der Waals surface area (Å²) in [6.45, 7) is 2.33. The average Bonchev–Trinajstić information content (AvgIpc) is 2.84. The number of carbonyl (C=O) groups is 2. The summed E-state index contributed by atoms with van der Waals surface area (Å²) in [5.74, 6) is -0.471. The summed E-state index contributed by atoms with van der Waals surface area (Å²) in [6, 6.07) is 20.5. The van der Waals surface area contributed by atoms with E-state index in [1.807, 2.05) is 35.2 Å². The number of nitrogens with zero attached hydrogens (tertiary/aromatic N) is 3. The van der Waals surface area contributed by atoms with Crippen LogP contribution in [0.1, 0.15) is 20.7 Å². The van der Waals surface area contributed by atoms with E-state index in [9.17, 15) is 19.7 Å². The number of para-hydroxylation sites is 2. The first-order valence-corrected chi connectivity index (χ1v) is 10.8. The molecule has 3 aromatic carbocycles. The standard InChI is InChI=1S/C24H21ClN4O4/c25-19-11-10-18(16-22(19)29(32)33)23(30)26-20-8-4-5-9-21(20)27-12-14-28(15-13-27)24(31)17-6-2-1-3-7-17/h1-11,16H,12-15H2,(H,26,30). The molecule has 2 amide bonds. The monoisotopic (exact) mass is 464 g/mol. The number of benzene rings is 3. The number of nitrogens with one attached hydrogen (secondary N) is 1. The lowest BCUT2D eigenvalue weighted by Gasteiger charge is -2.37. The van der Waals surface area contributed by atoms with E-state index in [1.165, 1.54) is 12.1 Å². The van der Waals surface area contributed by atoms with E-state index in [-0.39, 0.29) is 22.2 Å². The van der Waals surface area contributed by atoms with Crippen molar-refractivity contribution in [2.24, 2.45) is 0 Å². The number of carbonyl (C=O) groups excluding carboxylic acids is 2. The van der Waals surface area contributed by atoms with Crippen molar-refractivity contribution >= 4 is 40.5 Å². The zero-order chi connectivity index (χ0) is 23.4. The van der Waals surface area contributed by atoms with Crippen LogP contribution in [0.25, 0.3) is 0 Å². The zero-order valence-corrected chi connectivity index (χ0v) is 18.4. The Hall–Kier alpha value is -3.91. The number of piperazine rings is 1. The minimum atomic E-state index is -0.622. The fourth-order valence-electron chi connectivity index (χ4n) is 3.76. The summed E-state index contributed by atoms with van der Waals surface area (Å²) in [4.78, 5) is 39.9. The van der Waals surface area contributed by atoms with Gasteiger partial charge in [-0.3, -0.25) is 19.7 Å². The summed E-state index contributed by atoms with van der Waals surface area (Å²) in [6.07, 6.45) is 0. The van der Waals surface area contributed by atoms with Gasteiger partial charge in [0, 0.05) is 43.4 Å². The Morgan fingerprint density at radius 1 is 0.879 bits per heavy atom. The smallest absolute Gasteiger partial charge is 0.288 e. The molecule has 3 aromatic rings. The van der Waals surface area contributed by atoms with Gasteiger partial charge in [-0.2, -0.15) is 0 Å². The number of amides is 2. The molecule has 168 valence electrons. The van der Waals surface area contributed by atoms with E-state index < -0.39 is 10.8 Å². The maximum absolute atomic E-state index is 12.8. The van der Waals surface area contributed by atoms with Crippen LogP contribution < -0.4 is 10.2 Å². The Bertz CT molecular complexity index is 1190. The van der Waals surface area contributed by atoms with Crippen molar-refractivity contribution < 1.29 is 14.5 Å². The number of halogens is 1. The lowest BCUT2D eigenvalue weighted by Crippen LogP contribution is -2.49. The van der Waals surface area contributed by atoms with Crippen molar-refractivity contribution in [3.63, 3.8) is 0 Å². The molecule has 0 aromatic heterocycles. The Morgan fingerprint density at radius 2 is 1.55 bits per heavy atom. The van der Waals surface area contributed by atoms with E-state index in [1.54, 1.807) is 24.3 Å². The van der Waals surface area contributed by atoms with E-state index in [4.69, 9.17) is 11.6 Å². The van der Waals surface area contributed by atoms with Crippen molar-refractivity contribution in [2.45, 2.75) is 0 Å². The second kappa shape index (κ2) is 9.70. The molecule has 1 heterocycles. The molecule has 33 heavy (non-hydrogen) atoms. The van der Waals surface area contributed by atoms with Crippen LogP contribution in [0.5, 0.6) is 0 Å². The van der Waals surface area contributed by atoms with Gasteiger partial charge in [-0.1, -0.05) is 41.9 Å². The zero-order valence-electron chi connectivity index (χ0n) is 17.6. The summed E-state index contributed by atoms with van der Waals surface area (Å²) in [5, 5.41) is 14.0. The van der Waals surface area contributed by atoms with E-state index >= 15 is 0 Å². The highest BCUT2D eigenvalue weighted by Gasteiger charge is 2.24. The minimum Gasteiger partial charge on any atom is -0.366 e. The molecule has 1 N–H and O–H groups in total. The number of nitro groups is 1. The molecular weight excluding hydrogens is 444 g/mol. The van der Waals surface area contributed by atoms with Crippen LogP contribution >= 0.6 is 11.6 Å². The molecule has 0 saturated carbocycles. The molecular formula is C24H21ClN4O4. The molecule has 1 saturated heterocycles. The van der Waals surface area contributed by atoms with E-state index in [0.29, 0.717) is 37.4 Å². The number of anilines is 2. The molecule has 0 bridgehead atoms. The summed E-state index contributed by atoms with van der Waals surface area (Å²) < 4.78 is 0. The van der Waals surface area contributed by atoms with Crippen LogP contribution in [0.15, 0.2) is 72.8 Å². The Balaban J connectivity index is 1.46. The van der Waals surface area contributed by atoms with Gasteiger partial charge in [0.1, 0.15) is 5.02 Å². The third kappa shape index (κ3) is 4.96. The minimum absolute atomic E-state index is 0.00108. The Kier molecular flexibility index (Phi) is 6.55. The van der Waals surface area contributed by atoms with Crippen LogP contribution in [0.3, 0.4) is 0 Å². The predicted octanol–water partition coefficient (Wildman–Crippen LogP) is 4.46. The van der Waals surface area contributed by atoms with Gasteiger partial charge in [-0.25, -0.2) is 0 Å². The van der Waals surface area contributed by atoms with Crippen LogP contribution in [0, 0.1) is 10.1 Å². The first kappa shape index (κ1) is 22.3. The SMILES string of the molecule is O=C(Nc1ccccc1N1CCN(C(=O)c2ccccc2)CC1)c1ccc(Cl)c([N+](=O)[O-])c1. The number of nitro benzene ring substituents is 1. The van der Waals surface area contributed by atoms with Crippen molar-refractivity contribution in [2.75, 3.05) is 36.4 Å². The quantitative estimate of drug-likeness (QED) is 0.444. The molecule has 1 fully saturated rings. The van der Waals surface area contributed by atoms with Gasteiger partial charge in [-0.05, 0) is 36.4 Å².